The van der Waals surface area contributed by atoms with E-state index < -0.39 is 23.4 Å². The van der Waals surface area contributed by atoms with Crippen molar-refractivity contribution in [3.8, 4) is 0 Å². The van der Waals surface area contributed by atoms with Gasteiger partial charge in [-0.3, -0.25) is 14.9 Å². The summed E-state index contributed by atoms with van der Waals surface area (Å²) >= 11 is 5.72. The van der Waals surface area contributed by atoms with Crippen LogP contribution in [0.5, 0.6) is 0 Å². The molecular formula is C14H10ClN3O5. The van der Waals surface area contributed by atoms with Crippen LogP contribution in [0, 0.1) is 10.1 Å². The second-order valence-corrected chi connectivity index (χ2v) is 4.69. The number of amides is 1. The van der Waals surface area contributed by atoms with E-state index in [0.717, 1.165) is 0 Å². The van der Waals surface area contributed by atoms with Gasteiger partial charge >= 0.3 is 5.97 Å². The molecule has 1 aromatic carbocycles. The van der Waals surface area contributed by atoms with Crippen LogP contribution in [0.15, 0.2) is 42.6 Å². The number of aromatic nitrogens is 1. The summed E-state index contributed by atoms with van der Waals surface area (Å²) in [5, 5.41) is 13.4. The van der Waals surface area contributed by atoms with Crippen LogP contribution in [0.1, 0.15) is 10.5 Å². The van der Waals surface area contributed by atoms with Crippen LogP contribution in [-0.4, -0.2) is 28.4 Å². The predicted octanol–water partition coefficient (Wildman–Crippen LogP) is 2.44. The molecule has 1 heterocycles. The molecule has 1 amide bonds. The molecule has 0 aliphatic heterocycles. The van der Waals surface area contributed by atoms with Crippen LogP contribution >= 0.6 is 11.6 Å². The van der Waals surface area contributed by atoms with Crippen molar-refractivity contribution >= 4 is 34.9 Å². The highest BCUT2D eigenvalue weighted by Crippen LogP contribution is 2.22. The number of ether oxygens (including phenoxy) is 1. The number of carbonyl (C=O) groups excluding carboxylic acids is 2. The minimum atomic E-state index is -0.829. The molecule has 118 valence electrons. The summed E-state index contributed by atoms with van der Waals surface area (Å²) < 4.78 is 4.78. The maximum Gasteiger partial charge on any atom is 0.357 e. The molecule has 0 bridgehead atoms. The quantitative estimate of drug-likeness (QED) is 0.510. The Bertz CT molecular complexity index is 766. The summed E-state index contributed by atoms with van der Waals surface area (Å²) in [5.74, 6) is -1.54. The number of esters is 1. The molecule has 0 radical (unpaired) electrons. The zero-order chi connectivity index (χ0) is 16.8. The lowest BCUT2D eigenvalue weighted by atomic mass is 10.2. The summed E-state index contributed by atoms with van der Waals surface area (Å²) in [6.07, 6.45) is 1.33. The standard InChI is InChI=1S/C14H10ClN3O5/c15-9-5-6-16-11(7-9)14(20)23-8-13(19)17-10-3-1-2-4-12(10)18(21)22/h1-7H,8H2,(H,17,19). The lowest BCUT2D eigenvalue weighted by Gasteiger charge is -2.06. The SMILES string of the molecule is O=C(COC(=O)c1cc(Cl)ccn1)Nc1ccccc1[N+](=O)[O-]. The lowest BCUT2D eigenvalue weighted by Crippen LogP contribution is -2.21. The third-order valence-corrected chi connectivity index (χ3v) is 2.88. The van der Waals surface area contributed by atoms with Gasteiger partial charge in [-0.25, -0.2) is 9.78 Å². The first-order valence-electron chi connectivity index (χ1n) is 6.29. The van der Waals surface area contributed by atoms with E-state index in [0.29, 0.717) is 5.02 Å². The van der Waals surface area contributed by atoms with Gasteiger partial charge in [0.15, 0.2) is 6.61 Å². The number of hydrogen-bond donors (Lipinski definition) is 1. The van der Waals surface area contributed by atoms with Crippen LogP contribution in [-0.2, 0) is 9.53 Å². The second kappa shape index (κ2) is 7.32. The van der Waals surface area contributed by atoms with Gasteiger partial charge in [-0.1, -0.05) is 23.7 Å². The monoisotopic (exact) mass is 335 g/mol. The Labute approximate surface area is 135 Å². The average Bonchev–Trinajstić information content (AvgIpc) is 2.53. The number of benzene rings is 1. The average molecular weight is 336 g/mol. The molecule has 0 atom stereocenters. The largest absolute Gasteiger partial charge is 0.451 e. The van der Waals surface area contributed by atoms with E-state index in [1.165, 1.54) is 42.6 Å². The van der Waals surface area contributed by atoms with Crippen molar-refractivity contribution < 1.29 is 19.2 Å². The molecule has 0 unspecified atom stereocenters. The van der Waals surface area contributed by atoms with Gasteiger partial charge in [0.05, 0.1) is 4.92 Å². The molecule has 2 aromatic rings. The van der Waals surface area contributed by atoms with Gasteiger partial charge in [0.25, 0.3) is 11.6 Å². The number of para-hydroxylation sites is 2. The van der Waals surface area contributed by atoms with Crippen molar-refractivity contribution in [3.05, 3.63) is 63.4 Å². The normalized spacial score (nSPS) is 9.96. The number of nitrogens with one attached hydrogen (secondary N) is 1. The van der Waals surface area contributed by atoms with E-state index in [1.54, 1.807) is 0 Å². The smallest absolute Gasteiger partial charge is 0.357 e. The fraction of sp³-hybridized carbons (Fsp3) is 0.0714. The third kappa shape index (κ3) is 4.48. The topological polar surface area (TPSA) is 111 Å². The van der Waals surface area contributed by atoms with Crippen LogP contribution in [0.25, 0.3) is 0 Å². The fourth-order valence-corrected chi connectivity index (χ4v) is 1.81. The number of hydrogen-bond acceptors (Lipinski definition) is 6. The molecule has 2 rings (SSSR count). The third-order valence-electron chi connectivity index (χ3n) is 2.64. The summed E-state index contributed by atoms with van der Waals surface area (Å²) in [5.41, 5.74) is -0.292. The second-order valence-electron chi connectivity index (χ2n) is 4.26. The van der Waals surface area contributed by atoms with Crippen molar-refractivity contribution in [3.63, 3.8) is 0 Å². The van der Waals surface area contributed by atoms with Gasteiger partial charge in [0.2, 0.25) is 0 Å². The van der Waals surface area contributed by atoms with E-state index in [2.05, 4.69) is 10.3 Å². The molecule has 0 saturated heterocycles. The fourth-order valence-electron chi connectivity index (χ4n) is 1.65. The van der Waals surface area contributed by atoms with Crippen molar-refractivity contribution in [2.24, 2.45) is 0 Å². The Morgan fingerprint density at radius 1 is 1.30 bits per heavy atom. The van der Waals surface area contributed by atoms with Gasteiger partial charge < -0.3 is 10.1 Å². The Hall–Kier alpha value is -3.00. The minimum absolute atomic E-state index is 0.0134. The Kier molecular flexibility index (Phi) is 5.21. The molecule has 8 nitrogen and oxygen atoms in total. The molecule has 0 aliphatic carbocycles. The lowest BCUT2D eigenvalue weighted by molar-refractivity contribution is -0.383. The Balaban J connectivity index is 1.96. The van der Waals surface area contributed by atoms with Crippen molar-refractivity contribution in [1.82, 2.24) is 4.98 Å². The van der Waals surface area contributed by atoms with Crippen LogP contribution in [0.4, 0.5) is 11.4 Å². The number of nitro groups is 1. The maximum atomic E-state index is 11.7. The summed E-state index contributed by atoms with van der Waals surface area (Å²) in [6, 6.07) is 8.40. The number of nitrogens with zero attached hydrogens (tertiary/aromatic N) is 2. The molecule has 1 N–H and O–H groups in total. The highest BCUT2D eigenvalue weighted by Gasteiger charge is 2.16. The molecule has 23 heavy (non-hydrogen) atoms. The maximum absolute atomic E-state index is 11.7. The molecule has 0 aliphatic rings. The van der Waals surface area contributed by atoms with Gasteiger partial charge in [-0.05, 0) is 18.2 Å². The first-order chi connectivity index (χ1) is 11.0. The highest BCUT2D eigenvalue weighted by atomic mass is 35.5. The summed E-state index contributed by atoms with van der Waals surface area (Å²) in [7, 11) is 0. The van der Waals surface area contributed by atoms with Gasteiger partial charge in [0, 0.05) is 17.3 Å². The number of anilines is 1. The minimum Gasteiger partial charge on any atom is -0.451 e. The molecule has 0 saturated carbocycles. The summed E-state index contributed by atoms with van der Waals surface area (Å²) in [4.78, 5) is 37.4. The number of nitro benzene ring substituents is 1. The molecule has 0 fully saturated rings. The highest BCUT2D eigenvalue weighted by molar-refractivity contribution is 6.30. The van der Waals surface area contributed by atoms with Crippen molar-refractivity contribution in [2.75, 3.05) is 11.9 Å². The Morgan fingerprint density at radius 2 is 2.04 bits per heavy atom. The zero-order valence-electron chi connectivity index (χ0n) is 11.6. The van der Waals surface area contributed by atoms with Gasteiger partial charge in [-0.15, -0.1) is 0 Å². The van der Waals surface area contributed by atoms with Gasteiger partial charge in [0.1, 0.15) is 11.4 Å². The van der Waals surface area contributed by atoms with E-state index in [4.69, 9.17) is 16.3 Å². The Morgan fingerprint density at radius 3 is 2.74 bits per heavy atom. The zero-order valence-corrected chi connectivity index (χ0v) is 12.3. The van der Waals surface area contributed by atoms with Crippen LogP contribution in [0.2, 0.25) is 5.02 Å². The number of pyridine rings is 1. The number of carbonyl (C=O) groups is 2. The predicted molar refractivity (Wildman–Crippen MR) is 81.3 cm³/mol. The first-order valence-corrected chi connectivity index (χ1v) is 6.67. The van der Waals surface area contributed by atoms with Crippen LogP contribution in [0.3, 0.4) is 0 Å². The molecule has 0 spiro atoms. The van der Waals surface area contributed by atoms with E-state index in [-0.39, 0.29) is 17.1 Å². The van der Waals surface area contributed by atoms with E-state index in [9.17, 15) is 19.7 Å². The first kappa shape index (κ1) is 16.4. The van der Waals surface area contributed by atoms with Gasteiger partial charge in [-0.2, -0.15) is 0 Å². The van der Waals surface area contributed by atoms with E-state index >= 15 is 0 Å². The summed E-state index contributed by atoms with van der Waals surface area (Å²) in [6.45, 7) is -0.612. The van der Waals surface area contributed by atoms with Crippen LogP contribution < -0.4 is 5.32 Å². The number of halogens is 1. The number of rotatable bonds is 5. The molecular weight excluding hydrogens is 326 g/mol. The van der Waals surface area contributed by atoms with Crippen molar-refractivity contribution in [2.45, 2.75) is 0 Å². The molecule has 9 heteroatoms. The van der Waals surface area contributed by atoms with E-state index in [1.807, 2.05) is 0 Å². The van der Waals surface area contributed by atoms with Crippen molar-refractivity contribution in [1.29, 1.82) is 0 Å². The molecule has 1 aromatic heterocycles.